The molecule has 0 unspecified atom stereocenters. The van der Waals surface area contributed by atoms with E-state index in [9.17, 15) is 14.4 Å². The average molecular weight is 444 g/mol. The second-order valence-corrected chi connectivity index (χ2v) is 7.98. The molecule has 0 saturated heterocycles. The quantitative estimate of drug-likeness (QED) is 0.309. The maximum absolute atomic E-state index is 12.4. The molecule has 0 aliphatic rings. The summed E-state index contributed by atoms with van der Waals surface area (Å²) in [7, 11) is 2.77. The van der Waals surface area contributed by atoms with E-state index in [0.29, 0.717) is 5.13 Å². The molecule has 10 heteroatoms. The number of rotatable bonds is 6. The van der Waals surface area contributed by atoms with Crippen molar-refractivity contribution in [1.29, 1.82) is 5.41 Å². The lowest BCUT2D eigenvalue weighted by atomic mass is 10.1. The Morgan fingerprint density at radius 2 is 1.87 bits per heavy atom. The number of carbonyl (C=O) groups is 1. The van der Waals surface area contributed by atoms with Crippen molar-refractivity contribution in [3.63, 3.8) is 0 Å². The second-order valence-electron chi connectivity index (χ2n) is 6.70. The van der Waals surface area contributed by atoms with Crippen molar-refractivity contribution < 1.29 is 4.79 Å². The van der Waals surface area contributed by atoms with Gasteiger partial charge < -0.3 is 10.7 Å². The van der Waals surface area contributed by atoms with E-state index in [1.165, 1.54) is 31.0 Å². The Balaban J connectivity index is 1.74. The molecule has 0 fully saturated rings. The summed E-state index contributed by atoms with van der Waals surface area (Å²) in [5, 5.41) is 13.2. The molecule has 0 bridgehead atoms. The van der Waals surface area contributed by atoms with E-state index in [0.717, 1.165) is 26.8 Å². The summed E-state index contributed by atoms with van der Waals surface area (Å²) in [6, 6.07) is 8.05. The number of thiazole rings is 1. The molecule has 0 aliphatic carbocycles. The van der Waals surface area contributed by atoms with Crippen molar-refractivity contribution in [1.82, 2.24) is 14.1 Å². The lowest BCUT2D eigenvalue weighted by molar-refractivity contribution is -0.115. The van der Waals surface area contributed by atoms with Gasteiger partial charge in [0.15, 0.2) is 5.13 Å². The maximum atomic E-state index is 12.4. The monoisotopic (exact) mass is 443 g/mol. The molecule has 0 spiro atoms. The van der Waals surface area contributed by atoms with E-state index in [1.54, 1.807) is 0 Å². The molecular formula is C20H21N5O3S2. The van der Waals surface area contributed by atoms with Crippen molar-refractivity contribution in [3.05, 3.63) is 61.6 Å². The lowest BCUT2D eigenvalue weighted by Gasteiger charge is -2.11. The minimum absolute atomic E-state index is 0.0490. The Labute approximate surface area is 182 Å². The third-order valence-corrected chi connectivity index (χ3v) is 5.96. The number of hydrogen-bond acceptors (Lipinski definition) is 7. The number of carbonyl (C=O) groups excluding carboxylic acids is 1. The van der Waals surface area contributed by atoms with Gasteiger partial charge in [-0.3, -0.25) is 18.7 Å². The fourth-order valence-electron chi connectivity index (χ4n) is 2.88. The lowest BCUT2D eigenvalue weighted by Crippen LogP contribution is -2.41. The molecule has 0 radical (unpaired) electrons. The number of nitrogens with one attached hydrogen (secondary N) is 2. The van der Waals surface area contributed by atoms with Crippen molar-refractivity contribution in [2.75, 3.05) is 5.32 Å². The van der Waals surface area contributed by atoms with E-state index in [1.807, 2.05) is 29.6 Å². The van der Waals surface area contributed by atoms with Crippen molar-refractivity contribution >= 4 is 40.7 Å². The summed E-state index contributed by atoms with van der Waals surface area (Å²) >= 11 is 5.46. The van der Waals surface area contributed by atoms with Gasteiger partial charge in [0.1, 0.15) is 0 Å². The van der Waals surface area contributed by atoms with E-state index >= 15 is 0 Å². The summed E-state index contributed by atoms with van der Waals surface area (Å²) in [5.74, 6) is -0.481. The Kier molecular flexibility index (Phi) is 6.37. The van der Waals surface area contributed by atoms with E-state index < -0.39 is 17.2 Å². The normalized spacial score (nSPS) is 10.8. The molecule has 0 saturated carbocycles. The number of benzene rings is 1. The molecule has 2 heterocycles. The van der Waals surface area contributed by atoms with Crippen LogP contribution in [0.1, 0.15) is 24.5 Å². The van der Waals surface area contributed by atoms with Crippen LogP contribution in [0.4, 0.5) is 5.13 Å². The number of aryl methyl sites for hydroxylation is 1. The first kappa shape index (κ1) is 21.7. The molecule has 1 aromatic carbocycles. The summed E-state index contributed by atoms with van der Waals surface area (Å²) in [4.78, 5) is 41.1. The van der Waals surface area contributed by atoms with Crippen LogP contribution in [-0.4, -0.2) is 25.7 Å². The first-order valence-corrected chi connectivity index (χ1v) is 10.5. The van der Waals surface area contributed by atoms with Crippen LogP contribution in [0, 0.1) is 5.41 Å². The topological polar surface area (TPSA) is 110 Å². The molecule has 0 atom stereocenters. The number of nitrogens with zero attached hydrogens (tertiary/aromatic N) is 3. The molecule has 156 valence electrons. The van der Waals surface area contributed by atoms with Crippen molar-refractivity contribution in [3.8, 4) is 11.3 Å². The maximum Gasteiger partial charge on any atom is 0.331 e. The first-order chi connectivity index (χ1) is 14.2. The zero-order valence-electron chi connectivity index (χ0n) is 16.7. The summed E-state index contributed by atoms with van der Waals surface area (Å²) in [6.45, 7) is 2.09. The number of aromatic nitrogens is 3. The Morgan fingerprint density at radius 1 is 1.20 bits per heavy atom. The molecule has 2 aromatic heterocycles. The Bertz CT molecular complexity index is 1240. The molecule has 8 nitrogen and oxygen atoms in total. The van der Waals surface area contributed by atoms with Gasteiger partial charge in [-0.05, 0) is 12.0 Å². The van der Waals surface area contributed by atoms with Crippen LogP contribution in [-0.2, 0) is 25.3 Å². The third kappa shape index (κ3) is 4.29. The van der Waals surface area contributed by atoms with Crippen molar-refractivity contribution in [2.45, 2.75) is 24.8 Å². The van der Waals surface area contributed by atoms with Gasteiger partial charge in [-0.25, -0.2) is 9.78 Å². The fraction of sp³-hybridized carbons (Fsp3) is 0.250. The highest BCUT2D eigenvalue weighted by Crippen LogP contribution is 2.25. The number of anilines is 1. The number of thiol groups is 1. The summed E-state index contributed by atoms with van der Waals surface area (Å²) in [6.07, 6.45) is 0.610. The fourth-order valence-corrected chi connectivity index (χ4v) is 3.94. The minimum atomic E-state index is -0.659. The SMILES string of the molecule is CCc1ccc(-c2csc(NC(=O)CC(=N)c3c(S)n(C)c(=O)n(C)c3=O)n2)cc1. The van der Waals surface area contributed by atoms with Gasteiger partial charge in [-0.15, -0.1) is 24.0 Å². The van der Waals surface area contributed by atoms with E-state index in [-0.39, 0.29) is 22.7 Å². The van der Waals surface area contributed by atoms with Gasteiger partial charge in [-0.2, -0.15) is 0 Å². The molecule has 3 aromatic rings. The Hall–Kier alpha value is -2.98. The smallest absolute Gasteiger partial charge is 0.304 e. The molecule has 1 amide bonds. The predicted octanol–water partition coefficient (Wildman–Crippen LogP) is 2.46. The highest BCUT2D eigenvalue weighted by molar-refractivity contribution is 7.80. The van der Waals surface area contributed by atoms with E-state index in [4.69, 9.17) is 5.41 Å². The minimum Gasteiger partial charge on any atom is -0.304 e. The van der Waals surface area contributed by atoms with Gasteiger partial charge in [0, 0.05) is 25.0 Å². The number of amides is 1. The van der Waals surface area contributed by atoms with Gasteiger partial charge in [0.25, 0.3) is 5.56 Å². The van der Waals surface area contributed by atoms with Crippen LogP contribution in [0.15, 0.2) is 44.3 Å². The molecule has 2 N–H and O–H groups in total. The van der Waals surface area contributed by atoms with Gasteiger partial charge in [0.05, 0.1) is 28.4 Å². The van der Waals surface area contributed by atoms with Crippen LogP contribution in [0.5, 0.6) is 0 Å². The van der Waals surface area contributed by atoms with Gasteiger partial charge in [0.2, 0.25) is 5.91 Å². The highest BCUT2D eigenvalue weighted by Gasteiger charge is 2.20. The van der Waals surface area contributed by atoms with Gasteiger partial charge in [-0.1, -0.05) is 31.2 Å². The van der Waals surface area contributed by atoms with Gasteiger partial charge >= 0.3 is 5.69 Å². The van der Waals surface area contributed by atoms with E-state index in [2.05, 4.69) is 29.9 Å². The largest absolute Gasteiger partial charge is 0.331 e. The predicted molar refractivity (Wildman–Crippen MR) is 121 cm³/mol. The molecule has 30 heavy (non-hydrogen) atoms. The third-order valence-electron chi connectivity index (χ3n) is 4.68. The van der Waals surface area contributed by atoms with Crippen molar-refractivity contribution in [2.24, 2.45) is 14.1 Å². The van der Waals surface area contributed by atoms with Crippen LogP contribution >= 0.6 is 24.0 Å². The summed E-state index contributed by atoms with van der Waals surface area (Å²) < 4.78 is 2.04. The second kappa shape index (κ2) is 8.80. The zero-order valence-corrected chi connectivity index (χ0v) is 18.4. The van der Waals surface area contributed by atoms with Crippen LogP contribution < -0.4 is 16.6 Å². The summed E-state index contributed by atoms with van der Waals surface area (Å²) in [5.41, 5.74) is 1.42. The van der Waals surface area contributed by atoms with Crippen LogP contribution in [0.25, 0.3) is 11.3 Å². The molecular weight excluding hydrogens is 422 g/mol. The molecule has 0 aliphatic heterocycles. The Morgan fingerprint density at radius 3 is 2.50 bits per heavy atom. The average Bonchev–Trinajstić information content (AvgIpc) is 3.19. The van der Waals surface area contributed by atoms with Crippen LogP contribution in [0.2, 0.25) is 0 Å². The molecule has 3 rings (SSSR count). The standard InChI is InChI=1S/C20H21N5O3S2/c1-4-11-5-7-12(8-6-11)14-10-30-19(22-14)23-15(26)9-13(21)16-17(27)24(2)20(28)25(3)18(16)29/h5-8,10,21,29H,4,9H2,1-3H3,(H,22,23,26). The van der Waals surface area contributed by atoms with Crippen LogP contribution in [0.3, 0.4) is 0 Å². The highest BCUT2D eigenvalue weighted by atomic mass is 32.1. The first-order valence-electron chi connectivity index (χ1n) is 9.14. The zero-order chi connectivity index (χ0) is 22.0. The number of hydrogen-bond donors (Lipinski definition) is 3.